The van der Waals surface area contributed by atoms with E-state index in [4.69, 9.17) is 4.74 Å². The Labute approximate surface area is 191 Å². The highest BCUT2D eigenvalue weighted by Gasteiger charge is 2.43. The van der Waals surface area contributed by atoms with Crippen molar-refractivity contribution in [2.24, 2.45) is 0 Å². The number of amides is 2. The van der Waals surface area contributed by atoms with Gasteiger partial charge in [-0.25, -0.2) is 9.29 Å². The van der Waals surface area contributed by atoms with Crippen LogP contribution in [0.2, 0.25) is 0 Å². The number of hydrogen-bond acceptors (Lipinski definition) is 5. The number of nitrogens with zero attached hydrogens (tertiary/aromatic N) is 3. The van der Waals surface area contributed by atoms with E-state index in [9.17, 15) is 14.0 Å². The van der Waals surface area contributed by atoms with Crippen molar-refractivity contribution < 1.29 is 18.7 Å². The Kier molecular flexibility index (Phi) is 5.79. The second kappa shape index (κ2) is 9.03. The fourth-order valence-electron chi connectivity index (χ4n) is 4.40. The van der Waals surface area contributed by atoms with Gasteiger partial charge in [0.25, 0.3) is 5.91 Å². The van der Waals surface area contributed by atoms with Crippen molar-refractivity contribution in [1.29, 1.82) is 0 Å². The summed E-state index contributed by atoms with van der Waals surface area (Å²) in [5.41, 5.74) is 1.52. The molecule has 33 heavy (non-hydrogen) atoms. The van der Waals surface area contributed by atoms with Crippen LogP contribution in [0.4, 0.5) is 15.8 Å². The van der Waals surface area contributed by atoms with Gasteiger partial charge in [-0.15, -0.1) is 0 Å². The van der Waals surface area contributed by atoms with E-state index in [1.807, 2.05) is 30.3 Å². The summed E-state index contributed by atoms with van der Waals surface area (Å²) in [4.78, 5) is 31.4. The molecule has 7 heteroatoms. The lowest BCUT2D eigenvalue weighted by Gasteiger charge is -2.38. The molecule has 0 radical (unpaired) electrons. The zero-order valence-electron chi connectivity index (χ0n) is 18.1. The Morgan fingerprint density at radius 3 is 2.00 bits per heavy atom. The molecule has 168 valence electrons. The van der Waals surface area contributed by atoms with Crippen molar-refractivity contribution in [2.45, 2.75) is 12.5 Å². The fraction of sp³-hybridized carbons (Fsp3) is 0.231. The Morgan fingerprint density at radius 2 is 1.33 bits per heavy atom. The molecule has 0 N–H and O–H groups in total. The number of para-hydroxylation sites is 1. The second-order valence-electron chi connectivity index (χ2n) is 8.20. The highest BCUT2D eigenvalue weighted by molar-refractivity contribution is 6.22. The lowest BCUT2D eigenvalue weighted by molar-refractivity contribution is -0.123. The van der Waals surface area contributed by atoms with Gasteiger partial charge in [-0.05, 0) is 60.7 Å². The highest BCUT2D eigenvalue weighted by Crippen LogP contribution is 2.30. The molecule has 0 bridgehead atoms. The highest BCUT2D eigenvalue weighted by atomic mass is 19.1. The van der Waals surface area contributed by atoms with Crippen LogP contribution in [0.1, 0.15) is 6.42 Å². The Morgan fingerprint density at radius 1 is 0.727 bits per heavy atom. The number of rotatable bonds is 5. The van der Waals surface area contributed by atoms with E-state index in [2.05, 4.69) is 9.80 Å². The van der Waals surface area contributed by atoms with E-state index >= 15 is 0 Å². The van der Waals surface area contributed by atoms with E-state index in [1.54, 1.807) is 36.4 Å². The first-order valence-electron chi connectivity index (χ1n) is 11.0. The summed E-state index contributed by atoms with van der Waals surface area (Å²) in [5.74, 6) is 0.720. The fourth-order valence-corrected chi connectivity index (χ4v) is 4.40. The molecule has 2 fully saturated rings. The molecule has 2 saturated heterocycles. The van der Waals surface area contributed by atoms with E-state index in [1.165, 1.54) is 17.0 Å². The monoisotopic (exact) mass is 445 g/mol. The zero-order chi connectivity index (χ0) is 22.8. The Bertz CT molecular complexity index is 1130. The van der Waals surface area contributed by atoms with Crippen molar-refractivity contribution in [2.75, 3.05) is 36.0 Å². The lowest BCUT2D eigenvalue weighted by atomic mass is 10.1. The summed E-state index contributed by atoms with van der Waals surface area (Å²) in [5, 5.41) is 0. The topological polar surface area (TPSA) is 53.1 Å². The van der Waals surface area contributed by atoms with Crippen LogP contribution in [0.25, 0.3) is 0 Å². The van der Waals surface area contributed by atoms with Gasteiger partial charge in [0.15, 0.2) is 0 Å². The third kappa shape index (κ3) is 4.45. The van der Waals surface area contributed by atoms with Crippen molar-refractivity contribution in [3.8, 4) is 11.5 Å². The van der Waals surface area contributed by atoms with Crippen LogP contribution in [0.3, 0.4) is 0 Å². The van der Waals surface area contributed by atoms with Crippen LogP contribution in [-0.4, -0.2) is 48.9 Å². The number of benzene rings is 3. The summed E-state index contributed by atoms with van der Waals surface area (Å²) >= 11 is 0. The first kappa shape index (κ1) is 21.2. The van der Waals surface area contributed by atoms with E-state index in [0.29, 0.717) is 24.5 Å². The maximum Gasteiger partial charge on any atom is 0.251 e. The van der Waals surface area contributed by atoms with Gasteiger partial charge in [0, 0.05) is 31.9 Å². The first-order chi connectivity index (χ1) is 16.1. The molecule has 0 saturated carbocycles. The first-order valence-corrected chi connectivity index (χ1v) is 11.0. The molecule has 2 amide bonds. The number of anilines is 2. The average Bonchev–Trinajstić information content (AvgIpc) is 3.15. The maximum atomic E-state index is 13.2. The van der Waals surface area contributed by atoms with Crippen molar-refractivity contribution in [3.05, 3.63) is 84.7 Å². The normalized spacial score (nSPS) is 19.2. The summed E-state index contributed by atoms with van der Waals surface area (Å²) < 4.78 is 19.0. The molecule has 0 aromatic heterocycles. The SMILES string of the molecule is O=C1CC(N2CCN(c3ccc(F)cc3)CC2)C(=O)N1c1ccc(Oc2ccccc2)cc1. The van der Waals surface area contributed by atoms with Gasteiger partial charge in [0.2, 0.25) is 5.91 Å². The number of halogens is 1. The molecule has 0 spiro atoms. The van der Waals surface area contributed by atoms with E-state index in [-0.39, 0.29) is 24.1 Å². The molecule has 5 rings (SSSR count). The van der Waals surface area contributed by atoms with Crippen molar-refractivity contribution in [1.82, 2.24) is 4.90 Å². The molecule has 0 aliphatic carbocycles. The predicted molar refractivity (Wildman–Crippen MR) is 124 cm³/mol. The molecular weight excluding hydrogens is 421 g/mol. The largest absolute Gasteiger partial charge is 0.457 e. The third-order valence-corrected chi connectivity index (χ3v) is 6.14. The number of piperazine rings is 1. The van der Waals surface area contributed by atoms with Gasteiger partial charge < -0.3 is 9.64 Å². The van der Waals surface area contributed by atoms with Gasteiger partial charge in [-0.2, -0.15) is 0 Å². The number of hydrogen-bond donors (Lipinski definition) is 0. The van der Waals surface area contributed by atoms with Gasteiger partial charge in [-0.3, -0.25) is 14.5 Å². The van der Waals surface area contributed by atoms with Crippen LogP contribution < -0.4 is 14.5 Å². The quantitative estimate of drug-likeness (QED) is 0.554. The summed E-state index contributed by atoms with van der Waals surface area (Å²) in [7, 11) is 0. The van der Waals surface area contributed by atoms with E-state index in [0.717, 1.165) is 24.5 Å². The van der Waals surface area contributed by atoms with E-state index < -0.39 is 6.04 Å². The van der Waals surface area contributed by atoms with Crippen molar-refractivity contribution >= 4 is 23.2 Å². The molecule has 3 aromatic carbocycles. The molecule has 3 aromatic rings. The summed E-state index contributed by atoms with van der Waals surface area (Å²) in [6.45, 7) is 2.77. The van der Waals surface area contributed by atoms with Crippen molar-refractivity contribution in [3.63, 3.8) is 0 Å². The Hall–Kier alpha value is -3.71. The third-order valence-electron chi connectivity index (χ3n) is 6.14. The summed E-state index contributed by atoms with van der Waals surface area (Å²) in [6.07, 6.45) is 0.178. The standard InChI is InChI=1S/C26H24FN3O3/c27-19-6-8-20(9-7-19)28-14-16-29(17-15-28)24-18-25(31)30(26(24)32)21-10-12-23(13-11-21)33-22-4-2-1-3-5-22/h1-13,24H,14-18H2. The molecule has 1 unspecified atom stereocenters. The van der Waals surface area contributed by atoms with Crippen LogP contribution in [-0.2, 0) is 9.59 Å². The predicted octanol–water partition coefficient (Wildman–Crippen LogP) is 4.07. The lowest BCUT2D eigenvalue weighted by Crippen LogP contribution is -2.52. The number of carbonyl (C=O) groups is 2. The van der Waals surface area contributed by atoms with Gasteiger partial charge in [0.1, 0.15) is 17.3 Å². The van der Waals surface area contributed by atoms with Crippen LogP contribution in [0, 0.1) is 5.82 Å². The molecule has 2 heterocycles. The minimum absolute atomic E-state index is 0.178. The zero-order valence-corrected chi connectivity index (χ0v) is 18.1. The summed E-state index contributed by atoms with van der Waals surface area (Å²) in [6, 6.07) is 22.4. The number of imide groups is 1. The Balaban J connectivity index is 1.22. The molecular formula is C26H24FN3O3. The number of carbonyl (C=O) groups excluding carboxylic acids is 2. The minimum Gasteiger partial charge on any atom is -0.457 e. The maximum absolute atomic E-state index is 13.2. The van der Waals surface area contributed by atoms with Gasteiger partial charge in [-0.1, -0.05) is 18.2 Å². The van der Waals surface area contributed by atoms with Crippen LogP contribution in [0.5, 0.6) is 11.5 Å². The van der Waals surface area contributed by atoms with Crippen LogP contribution >= 0.6 is 0 Å². The molecule has 2 aliphatic heterocycles. The van der Waals surface area contributed by atoms with Gasteiger partial charge in [0.05, 0.1) is 18.2 Å². The molecule has 1 atom stereocenters. The molecule has 6 nitrogen and oxygen atoms in total. The average molecular weight is 445 g/mol. The van der Waals surface area contributed by atoms with Crippen LogP contribution in [0.15, 0.2) is 78.9 Å². The minimum atomic E-state index is -0.451. The second-order valence-corrected chi connectivity index (χ2v) is 8.20. The van der Waals surface area contributed by atoms with Gasteiger partial charge >= 0.3 is 0 Å². The molecule has 2 aliphatic rings. The smallest absolute Gasteiger partial charge is 0.251 e. The number of ether oxygens (including phenoxy) is 1.